The van der Waals surface area contributed by atoms with Gasteiger partial charge < -0.3 is 20.1 Å². The summed E-state index contributed by atoms with van der Waals surface area (Å²) in [4.78, 5) is 36.1. The Hall–Kier alpha value is -3.56. The number of aryl methyl sites for hydroxylation is 1. The van der Waals surface area contributed by atoms with Crippen LogP contribution in [0.3, 0.4) is 0 Å². The zero-order valence-corrected chi connectivity index (χ0v) is 19.7. The second kappa shape index (κ2) is 10.8. The van der Waals surface area contributed by atoms with Crippen LogP contribution in [0.25, 0.3) is 10.9 Å². The molecule has 8 nitrogen and oxygen atoms in total. The van der Waals surface area contributed by atoms with Crippen molar-refractivity contribution in [3.8, 4) is 0 Å². The first-order valence-corrected chi connectivity index (χ1v) is 11.8. The van der Waals surface area contributed by atoms with Gasteiger partial charge in [-0.2, -0.15) is 0 Å². The monoisotopic (exact) mass is 484 g/mol. The molecule has 2 amide bonds. The molecule has 1 aliphatic heterocycles. The quantitative estimate of drug-likeness (QED) is 0.467. The number of carbonyl (C=O) groups is 2. The molecule has 1 fully saturated rings. The maximum absolute atomic E-state index is 12.7. The topological polar surface area (TPSA) is 97.4 Å². The molecule has 10 heteroatoms. The molecule has 0 atom stereocenters. The number of nitrogens with zero attached hydrogens (tertiary/aromatic N) is 5. The molecule has 0 bridgehead atoms. The van der Waals surface area contributed by atoms with E-state index in [1.165, 1.54) is 12.4 Å². The van der Waals surface area contributed by atoms with Crippen LogP contribution in [0, 0.1) is 0 Å². The number of alkyl halides is 2. The minimum atomic E-state index is -2.58. The van der Waals surface area contributed by atoms with E-state index >= 15 is 0 Å². The second-order valence-corrected chi connectivity index (χ2v) is 8.94. The van der Waals surface area contributed by atoms with Gasteiger partial charge in [0, 0.05) is 68.8 Å². The molecule has 2 aromatic heterocycles. The van der Waals surface area contributed by atoms with Gasteiger partial charge in [-0.1, -0.05) is 6.07 Å². The molecular formula is C25H30F2N6O2. The predicted molar refractivity (Wildman–Crippen MR) is 129 cm³/mol. The largest absolute Gasteiger partial charge is 0.366 e. The second-order valence-electron chi connectivity index (χ2n) is 8.94. The van der Waals surface area contributed by atoms with E-state index in [1.54, 1.807) is 12.1 Å². The van der Waals surface area contributed by atoms with Crippen LogP contribution in [0.1, 0.15) is 54.5 Å². The van der Waals surface area contributed by atoms with E-state index in [2.05, 4.69) is 14.5 Å². The van der Waals surface area contributed by atoms with Crippen molar-refractivity contribution in [1.82, 2.24) is 19.4 Å². The Morgan fingerprint density at radius 1 is 1.14 bits per heavy atom. The van der Waals surface area contributed by atoms with Crippen LogP contribution in [-0.4, -0.2) is 57.4 Å². The molecule has 1 aromatic carbocycles. The lowest BCUT2D eigenvalue weighted by molar-refractivity contribution is -0.132. The van der Waals surface area contributed by atoms with Gasteiger partial charge in [0.2, 0.25) is 17.8 Å². The number of primary amides is 1. The Balaban J connectivity index is 1.22. The number of amides is 2. The number of fused-ring (bicyclic) bond motifs is 1. The average Bonchev–Trinajstić information content (AvgIpc) is 3.28. The molecule has 0 spiro atoms. The summed E-state index contributed by atoms with van der Waals surface area (Å²) in [6.45, 7) is 2.10. The number of hydrogen-bond acceptors (Lipinski definition) is 5. The Labute approximate surface area is 202 Å². The van der Waals surface area contributed by atoms with E-state index < -0.39 is 12.3 Å². The van der Waals surface area contributed by atoms with Crippen LogP contribution in [0.5, 0.6) is 0 Å². The highest BCUT2D eigenvalue weighted by Gasteiger charge is 2.26. The maximum Gasteiger partial charge on any atom is 0.266 e. The lowest BCUT2D eigenvalue weighted by Crippen LogP contribution is -2.46. The summed E-state index contributed by atoms with van der Waals surface area (Å²) in [7, 11) is 1.85. The van der Waals surface area contributed by atoms with Gasteiger partial charge in [0.1, 0.15) is 0 Å². The molecule has 1 saturated heterocycles. The summed E-state index contributed by atoms with van der Waals surface area (Å²) in [6.07, 6.45) is 5.38. The third-order valence-electron chi connectivity index (χ3n) is 6.70. The summed E-state index contributed by atoms with van der Waals surface area (Å²) in [5.74, 6) is 0.118. The first kappa shape index (κ1) is 24.6. The number of carbonyl (C=O) groups excluding carboxylic acids is 2. The van der Waals surface area contributed by atoms with Crippen LogP contribution in [0.15, 0.2) is 42.9 Å². The van der Waals surface area contributed by atoms with Gasteiger partial charge in [0.15, 0.2) is 0 Å². The molecule has 1 aliphatic rings. The van der Waals surface area contributed by atoms with E-state index in [0.29, 0.717) is 31.0 Å². The van der Waals surface area contributed by atoms with Crippen molar-refractivity contribution in [3.05, 3.63) is 54.0 Å². The van der Waals surface area contributed by atoms with Gasteiger partial charge in [-0.15, -0.1) is 0 Å². The highest BCUT2D eigenvalue weighted by Crippen LogP contribution is 2.23. The van der Waals surface area contributed by atoms with E-state index in [0.717, 1.165) is 43.1 Å². The first-order valence-electron chi connectivity index (χ1n) is 11.8. The standard InChI is InChI=1S/C25H30F2N6O2/c1-31(20-8-12-33(13-9-20)25-29-15-19(16-30-25)23(26)27)22(34)4-2-3-10-32-11-7-17-5-6-18(24(28)35)14-21(17)32/h5-7,11,14-16,20,23H,2-4,8-10,12-13H2,1H3,(H2,28,35). The van der Waals surface area contributed by atoms with Gasteiger partial charge in [-0.25, -0.2) is 18.7 Å². The van der Waals surface area contributed by atoms with Crippen molar-refractivity contribution >= 4 is 28.7 Å². The van der Waals surface area contributed by atoms with Crippen LogP contribution in [0.2, 0.25) is 0 Å². The minimum Gasteiger partial charge on any atom is -0.366 e. The van der Waals surface area contributed by atoms with E-state index in [1.807, 2.05) is 35.2 Å². The molecule has 3 heterocycles. The molecule has 0 saturated carbocycles. The van der Waals surface area contributed by atoms with E-state index in [9.17, 15) is 18.4 Å². The van der Waals surface area contributed by atoms with Gasteiger partial charge in [0.05, 0.1) is 5.56 Å². The number of rotatable bonds is 9. The molecule has 4 rings (SSSR count). The fourth-order valence-corrected chi connectivity index (χ4v) is 4.53. The number of hydrogen-bond donors (Lipinski definition) is 1. The molecule has 186 valence electrons. The summed E-state index contributed by atoms with van der Waals surface area (Å²) >= 11 is 0. The van der Waals surface area contributed by atoms with Crippen molar-refractivity contribution in [3.63, 3.8) is 0 Å². The summed E-state index contributed by atoms with van der Waals surface area (Å²) < 4.78 is 27.5. The third-order valence-corrected chi connectivity index (χ3v) is 6.70. The SMILES string of the molecule is CN(C(=O)CCCCn1ccc2ccc(C(N)=O)cc21)C1CCN(c2ncc(C(F)F)cn2)CC1. The zero-order valence-electron chi connectivity index (χ0n) is 19.7. The molecule has 2 N–H and O–H groups in total. The summed E-state index contributed by atoms with van der Waals surface area (Å²) in [6, 6.07) is 7.56. The molecular weight excluding hydrogens is 454 g/mol. The minimum absolute atomic E-state index is 0.120. The highest BCUT2D eigenvalue weighted by atomic mass is 19.3. The van der Waals surface area contributed by atoms with Crippen LogP contribution >= 0.6 is 0 Å². The number of halogens is 2. The molecule has 3 aromatic rings. The maximum atomic E-state index is 12.7. The number of piperidine rings is 1. The Bertz CT molecular complexity index is 1170. The van der Waals surface area contributed by atoms with E-state index in [-0.39, 0.29) is 17.5 Å². The normalized spacial score (nSPS) is 14.6. The molecule has 35 heavy (non-hydrogen) atoms. The molecule has 0 radical (unpaired) electrons. The lowest BCUT2D eigenvalue weighted by atomic mass is 10.0. The number of aromatic nitrogens is 3. The van der Waals surface area contributed by atoms with Crippen molar-refractivity contribution in [2.24, 2.45) is 5.73 Å². The van der Waals surface area contributed by atoms with Crippen LogP contribution in [0.4, 0.5) is 14.7 Å². The van der Waals surface area contributed by atoms with Gasteiger partial charge in [0.25, 0.3) is 6.43 Å². The average molecular weight is 485 g/mol. The zero-order chi connectivity index (χ0) is 24.9. The van der Waals surface area contributed by atoms with Crippen molar-refractivity contribution in [2.45, 2.75) is 51.1 Å². The lowest BCUT2D eigenvalue weighted by Gasteiger charge is -2.36. The Morgan fingerprint density at radius 3 is 2.51 bits per heavy atom. The third kappa shape index (κ3) is 5.75. The van der Waals surface area contributed by atoms with Crippen molar-refractivity contribution in [2.75, 3.05) is 25.0 Å². The first-order chi connectivity index (χ1) is 16.8. The summed E-state index contributed by atoms with van der Waals surface area (Å²) in [5, 5.41) is 1.05. The van der Waals surface area contributed by atoms with Crippen molar-refractivity contribution in [1.29, 1.82) is 0 Å². The summed E-state index contributed by atoms with van der Waals surface area (Å²) in [5.41, 5.74) is 6.66. The van der Waals surface area contributed by atoms with Crippen LogP contribution < -0.4 is 10.6 Å². The number of benzene rings is 1. The molecule has 0 unspecified atom stereocenters. The Morgan fingerprint density at radius 2 is 1.86 bits per heavy atom. The fourth-order valence-electron chi connectivity index (χ4n) is 4.53. The van der Waals surface area contributed by atoms with Gasteiger partial charge in [-0.3, -0.25) is 9.59 Å². The molecule has 0 aliphatic carbocycles. The fraction of sp³-hybridized carbons (Fsp3) is 0.440. The van der Waals surface area contributed by atoms with Crippen LogP contribution in [-0.2, 0) is 11.3 Å². The number of anilines is 1. The van der Waals surface area contributed by atoms with Gasteiger partial charge >= 0.3 is 0 Å². The smallest absolute Gasteiger partial charge is 0.266 e. The predicted octanol–water partition coefficient (Wildman–Crippen LogP) is 3.77. The Kier molecular flexibility index (Phi) is 7.57. The number of unbranched alkanes of at least 4 members (excludes halogenated alkanes) is 1. The van der Waals surface area contributed by atoms with E-state index in [4.69, 9.17) is 5.73 Å². The van der Waals surface area contributed by atoms with Gasteiger partial charge in [-0.05, 0) is 49.3 Å². The van der Waals surface area contributed by atoms with Crippen molar-refractivity contribution < 1.29 is 18.4 Å². The number of nitrogens with two attached hydrogens (primary N) is 1. The highest BCUT2D eigenvalue weighted by molar-refractivity contribution is 5.97.